The van der Waals surface area contributed by atoms with E-state index in [0.29, 0.717) is 0 Å². The molecule has 8 aromatic carbocycles. The molecule has 256 valence electrons. The summed E-state index contributed by atoms with van der Waals surface area (Å²) in [5.74, 6) is 0. The Bertz CT molecular complexity index is 3280. The van der Waals surface area contributed by atoms with E-state index < -0.39 is 5.41 Å². The lowest BCUT2D eigenvalue weighted by Gasteiger charge is -2.34. The monoisotopic (exact) mass is 699 g/mol. The number of fused-ring (bicyclic) bond motifs is 11. The van der Waals surface area contributed by atoms with E-state index in [-0.39, 0.29) is 0 Å². The van der Waals surface area contributed by atoms with Gasteiger partial charge in [-0.25, -0.2) is 0 Å². The second-order valence-electron chi connectivity index (χ2n) is 14.7. The van der Waals surface area contributed by atoms with Crippen molar-refractivity contribution in [1.29, 1.82) is 0 Å². The van der Waals surface area contributed by atoms with E-state index in [0.717, 1.165) is 27.8 Å². The summed E-state index contributed by atoms with van der Waals surface area (Å²) in [6, 6.07) is 71.2. The SMILES string of the molecule is c1ccc(C2(c3ccccc3)c3ccccc3-c3cc4c5ccccc5n(-c5cccc(-c6c7ccccc7n7c6cnc6ccccc67)c5)c4cc32)cc1. The van der Waals surface area contributed by atoms with Gasteiger partial charge < -0.3 is 8.97 Å². The Morgan fingerprint density at radius 1 is 0.400 bits per heavy atom. The minimum absolute atomic E-state index is 0.480. The van der Waals surface area contributed by atoms with Gasteiger partial charge in [0, 0.05) is 27.4 Å². The molecule has 0 bridgehead atoms. The van der Waals surface area contributed by atoms with Crippen LogP contribution in [0.25, 0.3) is 77.2 Å². The van der Waals surface area contributed by atoms with Crippen molar-refractivity contribution in [2.24, 2.45) is 0 Å². The molecule has 55 heavy (non-hydrogen) atoms. The van der Waals surface area contributed by atoms with Gasteiger partial charge in [0.25, 0.3) is 0 Å². The molecule has 0 atom stereocenters. The van der Waals surface area contributed by atoms with Crippen molar-refractivity contribution in [2.45, 2.75) is 5.41 Å². The Kier molecular flexibility index (Phi) is 6.26. The lowest BCUT2D eigenvalue weighted by molar-refractivity contribution is 0.769. The van der Waals surface area contributed by atoms with Gasteiger partial charge in [-0.3, -0.25) is 4.98 Å². The van der Waals surface area contributed by atoms with Crippen LogP contribution < -0.4 is 0 Å². The molecule has 0 spiro atoms. The summed E-state index contributed by atoms with van der Waals surface area (Å²) in [7, 11) is 0. The summed E-state index contributed by atoms with van der Waals surface area (Å²) in [5.41, 5.74) is 17.5. The first kappa shape index (κ1) is 30.3. The minimum atomic E-state index is -0.480. The number of hydrogen-bond acceptors (Lipinski definition) is 1. The maximum atomic E-state index is 4.93. The molecule has 0 radical (unpaired) electrons. The second-order valence-corrected chi connectivity index (χ2v) is 14.7. The highest BCUT2D eigenvalue weighted by Crippen LogP contribution is 2.57. The quantitative estimate of drug-likeness (QED) is 0.179. The van der Waals surface area contributed by atoms with E-state index >= 15 is 0 Å². The highest BCUT2D eigenvalue weighted by Gasteiger charge is 2.46. The van der Waals surface area contributed by atoms with Gasteiger partial charge in [-0.1, -0.05) is 146 Å². The molecular weight excluding hydrogens is 667 g/mol. The van der Waals surface area contributed by atoms with Gasteiger partial charge in [0.05, 0.1) is 44.7 Å². The number of rotatable bonds is 4. The molecule has 0 fully saturated rings. The zero-order valence-electron chi connectivity index (χ0n) is 29.9. The van der Waals surface area contributed by atoms with Crippen LogP contribution in [0.5, 0.6) is 0 Å². The molecule has 0 unspecified atom stereocenters. The van der Waals surface area contributed by atoms with Crippen molar-refractivity contribution in [3.05, 3.63) is 223 Å². The number of nitrogens with zero attached hydrogens (tertiary/aromatic N) is 3. The van der Waals surface area contributed by atoms with Crippen LogP contribution in [0.1, 0.15) is 22.3 Å². The van der Waals surface area contributed by atoms with Crippen molar-refractivity contribution in [3.8, 4) is 27.9 Å². The first-order chi connectivity index (χ1) is 27.3. The van der Waals surface area contributed by atoms with E-state index in [1.54, 1.807) is 0 Å². The van der Waals surface area contributed by atoms with Gasteiger partial charge in [-0.15, -0.1) is 0 Å². The first-order valence-corrected chi connectivity index (χ1v) is 19.0. The van der Waals surface area contributed by atoms with Gasteiger partial charge in [0.2, 0.25) is 0 Å². The molecular formula is C52H33N3. The molecule has 0 saturated carbocycles. The third kappa shape index (κ3) is 4.07. The molecule has 3 nitrogen and oxygen atoms in total. The lowest BCUT2D eigenvalue weighted by Crippen LogP contribution is -2.28. The van der Waals surface area contributed by atoms with E-state index in [2.05, 4.69) is 203 Å². The summed E-state index contributed by atoms with van der Waals surface area (Å²) < 4.78 is 4.85. The van der Waals surface area contributed by atoms with E-state index in [1.807, 2.05) is 6.20 Å². The van der Waals surface area contributed by atoms with Gasteiger partial charge in [-0.05, 0) is 87.5 Å². The van der Waals surface area contributed by atoms with Crippen LogP contribution in [-0.4, -0.2) is 14.0 Å². The zero-order chi connectivity index (χ0) is 36.1. The average Bonchev–Trinajstić information content (AvgIpc) is 3.88. The molecule has 12 rings (SSSR count). The molecule has 3 heterocycles. The summed E-state index contributed by atoms with van der Waals surface area (Å²) in [5, 5.41) is 3.71. The van der Waals surface area contributed by atoms with Crippen LogP contribution in [0.15, 0.2) is 200 Å². The van der Waals surface area contributed by atoms with Crippen molar-refractivity contribution in [2.75, 3.05) is 0 Å². The molecule has 1 aliphatic carbocycles. The zero-order valence-corrected chi connectivity index (χ0v) is 29.9. The predicted octanol–water partition coefficient (Wildman–Crippen LogP) is 12.8. The second kappa shape index (κ2) is 11.4. The fourth-order valence-electron chi connectivity index (χ4n) is 9.82. The molecule has 0 saturated heterocycles. The Morgan fingerprint density at radius 2 is 1.05 bits per heavy atom. The van der Waals surface area contributed by atoms with E-state index in [1.165, 1.54) is 71.7 Å². The summed E-state index contributed by atoms with van der Waals surface area (Å²) >= 11 is 0. The van der Waals surface area contributed by atoms with Crippen LogP contribution >= 0.6 is 0 Å². The molecule has 0 amide bonds. The van der Waals surface area contributed by atoms with Crippen molar-refractivity contribution >= 4 is 49.3 Å². The van der Waals surface area contributed by atoms with Crippen LogP contribution in [0.2, 0.25) is 0 Å². The van der Waals surface area contributed by atoms with Crippen LogP contribution in [0, 0.1) is 0 Å². The standard InChI is InChI=1S/C52H33N3/c1-3-17-35(18-4-1)52(36-19-5-2-6-20-36)43-25-10-7-22-38(43)41-31-42-39-23-8-12-27-46(39)54(49(42)32-44(41)52)37-21-15-16-34(30-37)51-40-24-9-13-28-47(40)55-48-29-14-11-26-45(48)53-33-50(51)55/h1-33H. The Hall–Kier alpha value is -7.23. The van der Waals surface area contributed by atoms with Crippen molar-refractivity contribution in [1.82, 2.24) is 14.0 Å². The topological polar surface area (TPSA) is 22.2 Å². The highest BCUT2D eigenvalue weighted by atomic mass is 15.0. The third-order valence-corrected chi connectivity index (χ3v) is 12.0. The number of benzene rings is 8. The van der Waals surface area contributed by atoms with Crippen LogP contribution in [0.3, 0.4) is 0 Å². The molecule has 1 aliphatic rings. The minimum Gasteiger partial charge on any atom is -0.309 e. The van der Waals surface area contributed by atoms with Gasteiger partial charge in [-0.2, -0.15) is 0 Å². The number of aromatic nitrogens is 3. The molecule has 11 aromatic rings. The fourth-order valence-corrected chi connectivity index (χ4v) is 9.82. The Morgan fingerprint density at radius 3 is 1.85 bits per heavy atom. The predicted molar refractivity (Wildman–Crippen MR) is 227 cm³/mol. The van der Waals surface area contributed by atoms with Gasteiger partial charge >= 0.3 is 0 Å². The molecule has 0 aliphatic heterocycles. The summed E-state index contributed by atoms with van der Waals surface area (Å²) in [4.78, 5) is 4.93. The van der Waals surface area contributed by atoms with Crippen LogP contribution in [0.4, 0.5) is 0 Å². The van der Waals surface area contributed by atoms with Gasteiger partial charge in [0.1, 0.15) is 0 Å². The number of hydrogen-bond donors (Lipinski definition) is 0. The smallest absolute Gasteiger partial charge is 0.0871 e. The molecule has 0 N–H and O–H groups in total. The van der Waals surface area contributed by atoms with Crippen molar-refractivity contribution < 1.29 is 0 Å². The molecule has 3 heteroatoms. The van der Waals surface area contributed by atoms with Crippen LogP contribution in [-0.2, 0) is 5.41 Å². The lowest BCUT2D eigenvalue weighted by atomic mass is 9.67. The Labute approximate surface area is 318 Å². The first-order valence-electron chi connectivity index (χ1n) is 19.0. The maximum Gasteiger partial charge on any atom is 0.0871 e. The van der Waals surface area contributed by atoms with E-state index in [4.69, 9.17) is 4.98 Å². The highest BCUT2D eigenvalue weighted by molar-refractivity contribution is 6.13. The van der Waals surface area contributed by atoms with E-state index in [9.17, 15) is 0 Å². The normalized spacial score (nSPS) is 13.2. The largest absolute Gasteiger partial charge is 0.309 e. The fraction of sp³-hybridized carbons (Fsp3) is 0.0192. The molecule has 3 aromatic heterocycles. The Balaban J connectivity index is 1.16. The van der Waals surface area contributed by atoms with Gasteiger partial charge in [0.15, 0.2) is 0 Å². The average molecular weight is 700 g/mol. The third-order valence-electron chi connectivity index (χ3n) is 12.0. The number of para-hydroxylation sites is 4. The maximum absolute atomic E-state index is 4.93. The summed E-state index contributed by atoms with van der Waals surface area (Å²) in [6.07, 6.45) is 2.04. The summed E-state index contributed by atoms with van der Waals surface area (Å²) in [6.45, 7) is 0. The van der Waals surface area contributed by atoms with Crippen molar-refractivity contribution in [3.63, 3.8) is 0 Å².